The number of carbonyl (C=O) groups is 4. The number of ether oxygens (including phenoxy) is 3. The van der Waals surface area contributed by atoms with Crippen LogP contribution in [-0.4, -0.2) is 92.3 Å². The summed E-state index contributed by atoms with van der Waals surface area (Å²) in [6.45, 7) is 9.14. The average Bonchev–Trinajstić information content (AvgIpc) is 3.93. The van der Waals surface area contributed by atoms with E-state index in [1.54, 1.807) is 30.6 Å². The maximum absolute atomic E-state index is 14.6. The molecule has 3 amide bonds. The quantitative estimate of drug-likeness (QED) is 0.230. The van der Waals surface area contributed by atoms with Gasteiger partial charge in [0, 0.05) is 24.1 Å². The van der Waals surface area contributed by atoms with E-state index in [0.717, 1.165) is 12.8 Å². The lowest BCUT2D eigenvalue weighted by Gasteiger charge is -2.35. The summed E-state index contributed by atoms with van der Waals surface area (Å²) in [5, 5.41) is 16.5. The second kappa shape index (κ2) is 14.2. The van der Waals surface area contributed by atoms with Crippen molar-refractivity contribution < 1.29 is 38.5 Å². The highest BCUT2D eigenvalue weighted by molar-refractivity contribution is 6.36. The Labute approximate surface area is 318 Å². The van der Waals surface area contributed by atoms with E-state index in [1.165, 1.54) is 18.4 Å². The van der Waals surface area contributed by atoms with Crippen molar-refractivity contribution in [3.8, 4) is 22.9 Å². The Morgan fingerprint density at radius 1 is 1.04 bits per heavy atom. The number of aliphatic carboxylic acids is 1. The summed E-state index contributed by atoms with van der Waals surface area (Å²) >= 11 is 6.77. The van der Waals surface area contributed by atoms with Gasteiger partial charge in [-0.1, -0.05) is 45.7 Å². The molecule has 2 aromatic heterocycles. The summed E-state index contributed by atoms with van der Waals surface area (Å²) < 4.78 is 17.9. The molecule has 3 aliphatic carbocycles. The van der Waals surface area contributed by atoms with Gasteiger partial charge in [0.2, 0.25) is 11.8 Å². The standard InChI is InChI=1S/C39H47ClN6O8/c1-7-22-15-39(22,36(49)50)45-34(47)28-13-24(18-46(28)35(48)33(38(3,4)5)44-37(51)54-23-11-20-10-21(20)12-23)53-30-14-26(27-17-41-16-19(2)42-27)43-32-25(30)8-9-29(52-6)31(32)40/h8-9,14,16-17,20-24,28,33H,7,10-13,15,18H2,1-6H3,(H,44,51)(H,45,47)(H,49,50)/t20-,21+,22-,23-,24-,28+,33-,39-/m1/s1. The predicted molar refractivity (Wildman–Crippen MR) is 198 cm³/mol. The normalized spacial score (nSPS) is 27.5. The molecule has 15 heteroatoms. The van der Waals surface area contributed by atoms with Gasteiger partial charge in [-0.15, -0.1) is 0 Å². The number of aromatic nitrogens is 3. The van der Waals surface area contributed by atoms with Gasteiger partial charge in [-0.05, 0) is 67.9 Å². The number of carbonyl (C=O) groups excluding carboxylic acids is 3. The zero-order valence-electron chi connectivity index (χ0n) is 31.3. The summed E-state index contributed by atoms with van der Waals surface area (Å²) in [6, 6.07) is 3.02. The molecule has 288 valence electrons. The van der Waals surface area contributed by atoms with Crippen molar-refractivity contribution in [3.05, 3.63) is 41.3 Å². The van der Waals surface area contributed by atoms with Crippen LogP contribution in [0.3, 0.4) is 0 Å². The van der Waals surface area contributed by atoms with Gasteiger partial charge in [0.05, 0.1) is 36.8 Å². The van der Waals surface area contributed by atoms with Crippen LogP contribution in [0.2, 0.25) is 5.02 Å². The molecule has 0 bridgehead atoms. The first kappa shape index (κ1) is 37.6. The fraction of sp³-hybridized carbons (Fsp3) is 0.564. The SMILES string of the molecule is CC[C@@H]1C[C@]1(NC(=O)[C@@H]1C[C@@H](Oc2cc(-c3cncc(C)n3)nc3c(Cl)c(OC)ccc23)CN1C(=O)[C@@H](NC(=O)O[C@H]1C[C@@H]2C[C@@H]2C1)C(C)(C)C)C(=O)O. The molecule has 0 radical (unpaired) electrons. The smallest absolute Gasteiger partial charge is 0.408 e. The molecule has 3 saturated carbocycles. The molecule has 0 unspecified atom stereocenters. The van der Waals surface area contributed by atoms with Gasteiger partial charge in [-0.25, -0.2) is 19.6 Å². The first-order valence-corrected chi connectivity index (χ1v) is 19.0. The van der Waals surface area contributed by atoms with E-state index in [0.29, 0.717) is 64.2 Å². The number of benzene rings is 1. The topological polar surface area (TPSA) is 182 Å². The number of pyridine rings is 1. The second-order valence-corrected chi connectivity index (χ2v) is 16.7. The third-order valence-electron chi connectivity index (χ3n) is 11.4. The molecule has 1 aromatic carbocycles. The molecule has 1 saturated heterocycles. The lowest BCUT2D eigenvalue weighted by molar-refractivity contribution is -0.146. The highest BCUT2D eigenvalue weighted by Crippen LogP contribution is 2.52. The van der Waals surface area contributed by atoms with Crippen LogP contribution < -0.4 is 20.1 Å². The van der Waals surface area contributed by atoms with Gasteiger partial charge in [0.15, 0.2) is 0 Å². The lowest BCUT2D eigenvalue weighted by Crippen LogP contribution is -2.59. The Morgan fingerprint density at radius 3 is 2.41 bits per heavy atom. The van der Waals surface area contributed by atoms with Gasteiger partial charge in [-0.2, -0.15) is 0 Å². The summed E-state index contributed by atoms with van der Waals surface area (Å²) in [5.74, 6) is -0.459. The van der Waals surface area contributed by atoms with Crippen LogP contribution in [0.1, 0.15) is 71.9 Å². The zero-order chi connectivity index (χ0) is 38.7. The zero-order valence-corrected chi connectivity index (χ0v) is 32.1. The van der Waals surface area contributed by atoms with E-state index in [1.807, 2.05) is 34.6 Å². The van der Waals surface area contributed by atoms with Crippen LogP contribution in [0.15, 0.2) is 30.6 Å². The van der Waals surface area contributed by atoms with Crippen LogP contribution in [0.5, 0.6) is 11.5 Å². The summed E-state index contributed by atoms with van der Waals surface area (Å²) in [6.07, 6.45) is 5.34. The van der Waals surface area contributed by atoms with Crippen LogP contribution in [0.25, 0.3) is 22.3 Å². The minimum Gasteiger partial charge on any atom is -0.495 e. The highest BCUT2D eigenvalue weighted by Gasteiger charge is 2.61. The molecule has 3 heterocycles. The van der Waals surface area contributed by atoms with E-state index < -0.39 is 53.0 Å². The Kier molecular flexibility index (Phi) is 9.86. The maximum Gasteiger partial charge on any atom is 0.408 e. The molecule has 4 fully saturated rings. The number of methoxy groups -OCH3 is 1. The number of carboxylic acids is 1. The second-order valence-electron chi connectivity index (χ2n) is 16.3. The Bertz CT molecular complexity index is 2000. The van der Waals surface area contributed by atoms with Gasteiger partial charge >= 0.3 is 12.1 Å². The number of hydrogen-bond acceptors (Lipinski definition) is 10. The van der Waals surface area contributed by atoms with Gasteiger partial charge in [0.1, 0.15) is 52.0 Å². The number of hydrogen-bond donors (Lipinski definition) is 3. The third-order valence-corrected chi connectivity index (χ3v) is 11.8. The molecular formula is C39H47ClN6O8. The Morgan fingerprint density at radius 2 is 1.78 bits per heavy atom. The van der Waals surface area contributed by atoms with Crippen LogP contribution in [-0.2, 0) is 19.1 Å². The minimum atomic E-state index is -1.41. The molecule has 7 rings (SSSR count). The van der Waals surface area contributed by atoms with Crippen molar-refractivity contribution >= 4 is 46.4 Å². The molecule has 8 atom stereocenters. The Balaban J connectivity index is 1.21. The van der Waals surface area contributed by atoms with Crippen LogP contribution in [0, 0.1) is 30.1 Å². The molecule has 14 nitrogen and oxygen atoms in total. The van der Waals surface area contributed by atoms with E-state index in [2.05, 4.69) is 20.6 Å². The van der Waals surface area contributed by atoms with Crippen LogP contribution in [0.4, 0.5) is 4.79 Å². The molecule has 0 spiro atoms. The van der Waals surface area contributed by atoms with E-state index >= 15 is 0 Å². The number of amides is 3. The number of halogens is 1. The van der Waals surface area contributed by atoms with Crippen molar-refractivity contribution in [2.45, 2.75) is 103 Å². The molecular weight excluding hydrogens is 716 g/mol. The third kappa shape index (κ3) is 7.24. The minimum absolute atomic E-state index is 0.0310. The number of carboxylic acid groups (broad SMARTS) is 1. The van der Waals surface area contributed by atoms with E-state index in [-0.39, 0.29) is 30.0 Å². The van der Waals surface area contributed by atoms with Gasteiger partial charge in [-0.3, -0.25) is 14.6 Å². The summed E-state index contributed by atoms with van der Waals surface area (Å²) in [7, 11) is 1.50. The Hall–Kier alpha value is -4.72. The number of aryl methyl sites for hydroxylation is 1. The number of fused-ring (bicyclic) bond motifs is 2. The summed E-state index contributed by atoms with van der Waals surface area (Å²) in [5.41, 5.74) is -0.199. The number of rotatable bonds is 11. The van der Waals surface area contributed by atoms with E-state index in [9.17, 15) is 24.3 Å². The largest absolute Gasteiger partial charge is 0.495 e. The van der Waals surface area contributed by atoms with Crippen molar-refractivity contribution in [2.24, 2.45) is 23.2 Å². The van der Waals surface area contributed by atoms with Gasteiger partial charge in [0.25, 0.3) is 0 Å². The van der Waals surface area contributed by atoms with E-state index in [4.69, 9.17) is 30.8 Å². The van der Waals surface area contributed by atoms with Crippen molar-refractivity contribution in [2.75, 3.05) is 13.7 Å². The van der Waals surface area contributed by atoms with Crippen LogP contribution >= 0.6 is 11.6 Å². The van der Waals surface area contributed by atoms with Gasteiger partial charge < -0.3 is 34.9 Å². The number of nitrogens with zero attached hydrogens (tertiary/aromatic N) is 4. The first-order chi connectivity index (χ1) is 25.6. The number of alkyl carbamates (subject to hydrolysis) is 1. The molecule has 3 aromatic rings. The fourth-order valence-corrected chi connectivity index (χ4v) is 8.49. The average molecular weight is 763 g/mol. The molecule has 4 aliphatic rings. The van der Waals surface area contributed by atoms with Crippen molar-refractivity contribution in [3.63, 3.8) is 0 Å². The molecule has 3 N–H and O–H groups in total. The fourth-order valence-electron chi connectivity index (χ4n) is 8.20. The number of likely N-dealkylation sites (tertiary alicyclic amines) is 1. The lowest BCUT2D eigenvalue weighted by atomic mass is 9.85. The monoisotopic (exact) mass is 762 g/mol. The summed E-state index contributed by atoms with van der Waals surface area (Å²) in [4.78, 5) is 69.4. The predicted octanol–water partition coefficient (Wildman–Crippen LogP) is 5.32. The van der Waals surface area contributed by atoms with Crippen molar-refractivity contribution in [1.82, 2.24) is 30.5 Å². The molecule has 1 aliphatic heterocycles. The van der Waals surface area contributed by atoms with Crippen molar-refractivity contribution in [1.29, 1.82) is 0 Å². The molecule has 54 heavy (non-hydrogen) atoms. The number of nitrogens with one attached hydrogen (secondary N) is 2. The first-order valence-electron chi connectivity index (χ1n) is 18.6. The maximum atomic E-state index is 14.6. The highest BCUT2D eigenvalue weighted by atomic mass is 35.5.